The van der Waals surface area contributed by atoms with Crippen molar-refractivity contribution >= 4 is 11.6 Å². The molecule has 0 heterocycles. The normalized spacial score (nSPS) is 13.0. The minimum atomic E-state index is -0.281. The van der Waals surface area contributed by atoms with Gasteiger partial charge >= 0.3 is 0 Å². The van der Waals surface area contributed by atoms with Crippen molar-refractivity contribution in [3.05, 3.63) is 34.6 Å². The summed E-state index contributed by atoms with van der Waals surface area (Å²) in [6.07, 6.45) is 3.06. The molecule has 0 radical (unpaired) electrons. The lowest BCUT2D eigenvalue weighted by Crippen LogP contribution is -2.23. The second-order valence-electron chi connectivity index (χ2n) is 5.12. The number of nitrogens with one attached hydrogen (secondary N) is 1. The van der Waals surface area contributed by atoms with E-state index < -0.39 is 0 Å². The molecule has 1 aromatic carbocycles. The molecule has 102 valence electrons. The van der Waals surface area contributed by atoms with Crippen LogP contribution in [-0.2, 0) is 0 Å². The van der Waals surface area contributed by atoms with E-state index >= 15 is 0 Å². The number of benzene rings is 1. The Morgan fingerprint density at radius 2 is 2.00 bits per heavy atom. The fourth-order valence-electron chi connectivity index (χ4n) is 1.98. The van der Waals surface area contributed by atoms with Gasteiger partial charge in [0.25, 0.3) is 0 Å². The van der Waals surface area contributed by atoms with Gasteiger partial charge in [0.1, 0.15) is 5.82 Å². The maximum absolute atomic E-state index is 14.0. The zero-order valence-corrected chi connectivity index (χ0v) is 12.2. The van der Waals surface area contributed by atoms with Crippen molar-refractivity contribution in [3.8, 4) is 0 Å². The molecule has 1 N–H and O–H groups in total. The van der Waals surface area contributed by atoms with Crippen LogP contribution < -0.4 is 5.32 Å². The molecule has 0 fully saturated rings. The molecule has 0 aromatic heterocycles. The molecule has 1 rings (SSSR count). The van der Waals surface area contributed by atoms with Gasteiger partial charge in [0.05, 0.1) is 5.02 Å². The van der Waals surface area contributed by atoms with Crippen LogP contribution in [0.3, 0.4) is 0 Å². The highest BCUT2D eigenvalue weighted by Crippen LogP contribution is 2.27. The lowest BCUT2D eigenvalue weighted by Gasteiger charge is -2.21. The summed E-state index contributed by atoms with van der Waals surface area (Å²) in [5.74, 6) is 0.342. The molecule has 0 aliphatic carbocycles. The molecule has 0 saturated heterocycles. The van der Waals surface area contributed by atoms with Gasteiger partial charge in [0, 0.05) is 11.6 Å². The number of rotatable bonds is 7. The van der Waals surface area contributed by atoms with Crippen LogP contribution in [0, 0.1) is 11.7 Å². The minimum Gasteiger partial charge on any atom is -0.310 e. The van der Waals surface area contributed by atoms with Gasteiger partial charge in [0.15, 0.2) is 0 Å². The van der Waals surface area contributed by atoms with Crippen LogP contribution >= 0.6 is 11.6 Å². The molecular weight excluding hydrogens is 249 g/mol. The Morgan fingerprint density at radius 1 is 1.28 bits per heavy atom. The van der Waals surface area contributed by atoms with Gasteiger partial charge in [0.2, 0.25) is 0 Å². The first-order chi connectivity index (χ1) is 8.56. The SMILES string of the molecule is CCCNC(CCC(C)C)c1cccc(Cl)c1F. The van der Waals surface area contributed by atoms with E-state index in [2.05, 4.69) is 26.1 Å². The van der Waals surface area contributed by atoms with Gasteiger partial charge in [-0.2, -0.15) is 0 Å². The Hall–Kier alpha value is -0.600. The highest BCUT2D eigenvalue weighted by molar-refractivity contribution is 6.30. The van der Waals surface area contributed by atoms with Gasteiger partial charge < -0.3 is 5.32 Å². The van der Waals surface area contributed by atoms with Gasteiger partial charge in [-0.3, -0.25) is 0 Å². The molecule has 0 bridgehead atoms. The quantitative estimate of drug-likeness (QED) is 0.739. The van der Waals surface area contributed by atoms with Crippen molar-refractivity contribution in [1.82, 2.24) is 5.32 Å². The van der Waals surface area contributed by atoms with E-state index in [1.165, 1.54) is 0 Å². The third-order valence-corrected chi connectivity index (χ3v) is 3.32. The van der Waals surface area contributed by atoms with E-state index in [4.69, 9.17) is 11.6 Å². The van der Waals surface area contributed by atoms with Crippen LogP contribution in [0.25, 0.3) is 0 Å². The van der Waals surface area contributed by atoms with Gasteiger partial charge in [-0.1, -0.05) is 44.5 Å². The molecule has 0 aliphatic heterocycles. The molecule has 1 aromatic rings. The summed E-state index contributed by atoms with van der Waals surface area (Å²) < 4.78 is 14.0. The maximum atomic E-state index is 14.0. The van der Waals surface area contributed by atoms with Gasteiger partial charge in [-0.15, -0.1) is 0 Å². The summed E-state index contributed by atoms with van der Waals surface area (Å²) in [4.78, 5) is 0. The molecule has 0 spiro atoms. The van der Waals surface area contributed by atoms with Crippen molar-refractivity contribution in [2.45, 2.75) is 46.1 Å². The Balaban J connectivity index is 2.83. The molecule has 1 nitrogen and oxygen atoms in total. The number of hydrogen-bond donors (Lipinski definition) is 1. The topological polar surface area (TPSA) is 12.0 Å². The van der Waals surface area contributed by atoms with E-state index in [-0.39, 0.29) is 16.9 Å². The molecule has 1 atom stereocenters. The lowest BCUT2D eigenvalue weighted by molar-refractivity contribution is 0.427. The summed E-state index contributed by atoms with van der Waals surface area (Å²) in [5, 5.41) is 3.62. The van der Waals surface area contributed by atoms with Crippen LogP contribution in [0.5, 0.6) is 0 Å². The van der Waals surface area contributed by atoms with Crippen LogP contribution in [-0.4, -0.2) is 6.54 Å². The Labute approximate surface area is 115 Å². The first-order valence-electron chi connectivity index (χ1n) is 6.73. The van der Waals surface area contributed by atoms with E-state index in [1.807, 2.05) is 12.1 Å². The summed E-state index contributed by atoms with van der Waals surface area (Å²) in [6, 6.07) is 5.30. The zero-order valence-electron chi connectivity index (χ0n) is 11.5. The fraction of sp³-hybridized carbons (Fsp3) is 0.600. The fourth-order valence-corrected chi connectivity index (χ4v) is 2.16. The molecular formula is C15H23ClFN. The van der Waals surface area contributed by atoms with Crippen molar-refractivity contribution in [1.29, 1.82) is 0 Å². The number of hydrogen-bond acceptors (Lipinski definition) is 1. The molecule has 1 unspecified atom stereocenters. The van der Waals surface area contributed by atoms with E-state index in [1.54, 1.807) is 6.07 Å². The monoisotopic (exact) mass is 271 g/mol. The van der Waals surface area contributed by atoms with E-state index in [9.17, 15) is 4.39 Å². The van der Waals surface area contributed by atoms with E-state index in [0.717, 1.165) is 25.8 Å². The predicted molar refractivity (Wildman–Crippen MR) is 76.5 cm³/mol. The standard InChI is InChI=1S/C15H23ClFN/c1-4-10-18-14(9-8-11(2)3)12-6-5-7-13(16)15(12)17/h5-7,11,14,18H,4,8-10H2,1-3H3. The molecule has 0 saturated carbocycles. The van der Waals surface area contributed by atoms with Crippen molar-refractivity contribution in [2.24, 2.45) is 5.92 Å². The van der Waals surface area contributed by atoms with Crippen molar-refractivity contribution in [2.75, 3.05) is 6.54 Å². The molecule has 18 heavy (non-hydrogen) atoms. The second kappa shape index (κ2) is 7.75. The first kappa shape index (κ1) is 15.5. The molecule has 3 heteroatoms. The van der Waals surface area contributed by atoms with Gasteiger partial charge in [-0.25, -0.2) is 4.39 Å². The van der Waals surface area contributed by atoms with Crippen LogP contribution in [0.4, 0.5) is 4.39 Å². The Kier molecular flexibility index (Phi) is 6.66. The smallest absolute Gasteiger partial charge is 0.146 e. The van der Waals surface area contributed by atoms with Gasteiger partial charge in [-0.05, 0) is 37.8 Å². The number of halogens is 2. The average Bonchev–Trinajstić information content (AvgIpc) is 2.33. The zero-order chi connectivity index (χ0) is 13.5. The minimum absolute atomic E-state index is 0.0612. The van der Waals surface area contributed by atoms with Crippen molar-refractivity contribution < 1.29 is 4.39 Å². The maximum Gasteiger partial charge on any atom is 0.146 e. The third kappa shape index (κ3) is 4.58. The lowest BCUT2D eigenvalue weighted by atomic mass is 9.97. The average molecular weight is 272 g/mol. The Morgan fingerprint density at radius 3 is 2.61 bits per heavy atom. The summed E-state index contributed by atoms with van der Waals surface area (Å²) in [5.41, 5.74) is 0.691. The van der Waals surface area contributed by atoms with Crippen LogP contribution in [0.1, 0.15) is 51.6 Å². The summed E-state index contributed by atoms with van der Waals surface area (Å²) in [6.45, 7) is 7.38. The van der Waals surface area contributed by atoms with Crippen molar-refractivity contribution in [3.63, 3.8) is 0 Å². The van der Waals surface area contributed by atoms with Crippen LogP contribution in [0.15, 0.2) is 18.2 Å². The van der Waals surface area contributed by atoms with Crippen LogP contribution in [0.2, 0.25) is 5.02 Å². The molecule has 0 amide bonds. The largest absolute Gasteiger partial charge is 0.310 e. The van der Waals surface area contributed by atoms with E-state index in [0.29, 0.717) is 11.5 Å². The molecule has 0 aliphatic rings. The Bertz CT molecular complexity index is 366. The predicted octanol–water partition coefficient (Wildman–Crippen LogP) is 4.96. The summed E-state index contributed by atoms with van der Waals surface area (Å²) >= 11 is 5.85. The highest BCUT2D eigenvalue weighted by atomic mass is 35.5. The first-order valence-corrected chi connectivity index (χ1v) is 7.11. The third-order valence-electron chi connectivity index (χ3n) is 3.03. The highest BCUT2D eigenvalue weighted by Gasteiger charge is 2.17. The summed E-state index contributed by atoms with van der Waals surface area (Å²) in [7, 11) is 0. The second-order valence-corrected chi connectivity index (χ2v) is 5.53.